The number of sulfonamides is 1. The number of rotatable bonds is 6. The zero-order chi connectivity index (χ0) is 14.6. The maximum absolute atomic E-state index is 13.9. The molecule has 9 heteroatoms. The van der Waals surface area contributed by atoms with Gasteiger partial charge in [0.2, 0.25) is 10.0 Å². The van der Waals surface area contributed by atoms with Crippen LogP contribution in [0.1, 0.15) is 11.4 Å². The number of hydrogen-bond donors (Lipinski definition) is 3. The maximum atomic E-state index is 13.9. The number of halogens is 1. The molecule has 1 aromatic carbocycles. The molecule has 108 valence electrons. The van der Waals surface area contributed by atoms with Gasteiger partial charge in [0.25, 0.3) is 0 Å². The van der Waals surface area contributed by atoms with Crippen LogP contribution in [0.25, 0.3) is 0 Å². The predicted molar refractivity (Wildman–Crippen MR) is 69.6 cm³/mol. The molecule has 0 saturated carbocycles. The van der Waals surface area contributed by atoms with E-state index in [1.807, 2.05) is 0 Å². The van der Waals surface area contributed by atoms with Gasteiger partial charge < -0.3 is 5.32 Å². The smallest absolute Gasteiger partial charge is 0.243 e. The van der Waals surface area contributed by atoms with Crippen molar-refractivity contribution < 1.29 is 12.8 Å². The van der Waals surface area contributed by atoms with E-state index in [1.54, 1.807) is 13.1 Å². The molecule has 0 bridgehead atoms. The minimum atomic E-state index is -3.93. The molecular formula is C11H14FN5O2S. The topological polar surface area (TPSA) is 99.8 Å². The van der Waals surface area contributed by atoms with E-state index in [1.165, 1.54) is 18.5 Å². The van der Waals surface area contributed by atoms with Crippen molar-refractivity contribution in [1.29, 1.82) is 0 Å². The summed E-state index contributed by atoms with van der Waals surface area (Å²) >= 11 is 0. The first kappa shape index (κ1) is 14.6. The molecule has 3 N–H and O–H groups in total. The number of aromatic amines is 1. The summed E-state index contributed by atoms with van der Waals surface area (Å²) in [6.07, 6.45) is 1.26. The minimum absolute atomic E-state index is 0.0833. The molecule has 0 aliphatic carbocycles. The summed E-state index contributed by atoms with van der Waals surface area (Å²) in [6.45, 7) is 0.378. The van der Waals surface area contributed by atoms with Gasteiger partial charge in [-0.25, -0.2) is 22.5 Å². The van der Waals surface area contributed by atoms with Crippen LogP contribution in [0.2, 0.25) is 0 Å². The van der Waals surface area contributed by atoms with Crippen molar-refractivity contribution in [3.8, 4) is 0 Å². The van der Waals surface area contributed by atoms with Crippen LogP contribution in [0.5, 0.6) is 0 Å². The molecule has 2 aromatic rings. The molecule has 0 spiro atoms. The molecule has 0 amide bonds. The van der Waals surface area contributed by atoms with Gasteiger partial charge in [0.15, 0.2) is 0 Å². The molecule has 0 atom stereocenters. The van der Waals surface area contributed by atoms with Gasteiger partial charge in [-0.2, -0.15) is 5.10 Å². The molecule has 0 aliphatic heterocycles. The van der Waals surface area contributed by atoms with Crippen LogP contribution in [-0.2, 0) is 23.1 Å². The van der Waals surface area contributed by atoms with Crippen LogP contribution in [0, 0.1) is 5.82 Å². The third-order valence-electron chi connectivity index (χ3n) is 2.56. The lowest BCUT2D eigenvalue weighted by molar-refractivity contribution is 0.554. The highest BCUT2D eigenvalue weighted by Gasteiger charge is 2.19. The van der Waals surface area contributed by atoms with Crippen molar-refractivity contribution in [2.24, 2.45) is 0 Å². The Morgan fingerprint density at radius 1 is 1.35 bits per heavy atom. The third-order valence-corrected chi connectivity index (χ3v) is 4.00. The van der Waals surface area contributed by atoms with Gasteiger partial charge in [0.1, 0.15) is 22.9 Å². The van der Waals surface area contributed by atoms with Gasteiger partial charge in [-0.1, -0.05) is 6.07 Å². The maximum Gasteiger partial charge on any atom is 0.243 e. The molecule has 0 fully saturated rings. The van der Waals surface area contributed by atoms with Crippen LogP contribution >= 0.6 is 0 Å². The fraction of sp³-hybridized carbons (Fsp3) is 0.273. The van der Waals surface area contributed by atoms with Gasteiger partial charge in [0, 0.05) is 6.54 Å². The van der Waals surface area contributed by atoms with Gasteiger partial charge in [-0.3, -0.25) is 5.10 Å². The fourth-order valence-corrected chi connectivity index (χ4v) is 2.68. The van der Waals surface area contributed by atoms with E-state index in [0.29, 0.717) is 17.9 Å². The van der Waals surface area contributed by atoms with E-state index in [-0.39, 0.29) is 6.54 Å². The quantitative estimate of drug-likeness (QED) is 0.704. The highest BCUT2D eigenvalue weighted by atomic mass is 32.2. The Hall–Kier alpha value is -1.84. The number of aromatic nitrogens is 3. The van der Waals surface area contributed by atoms with Crippen LogP contribution in [0.4, 0.5) is 4.39 Å². The molecule has 0 unspecified atom stereocenters. The van der Waals surface area contributed by atoms with E-state index in [0.717, 1.165) is 0 Å². The van der Waals surface area contributed by atoms with Crippen molar-refractivity contribution >= 4 is 10.0 Å². The summed E-state index contributed by atoms with van der Waals surface area (Å²) in [5.41, 5.74) is 0.666. The van der Waals surface area contributed by atoms with E-state index in [4.69, 9.17) is 0 Å². The first-order chi connectivity index (χ1) is 9.53. The minimum Gasteiger partial charge on any atom is -0.316 e. The summed E-state index contributed by atoms with van der Waals surface area (Å²) in [4.78, 5) is 3.39. The van der Waals surface area contributed by atoms with Crippen LogP contribution in [-0.4, -0.2) is 30.6 Å². The third kappa shape index (κ3) is 3.38. The molecule has 2 rings (SSSR count). The van der Waals surface area contributed by atoms with E-state index in [2.05, 4.69) is 25.2 Å². The first-order valence-electron chi connectivity index (χ1n) is 5.80. The van der Waals surface area contributed by atoms with Crippen molar-refractivity contribution in [2.45, 2.75) is 18.0 Å². The molecule has 0 saturated heterocycles. The highest BCUT2D eigenvalue weighted by Crippen LogP contribution is 2.16. The Bertz CT molecular complexity index is 672. The number of benzene rings is 1. The predicted octanol–water partition coefficient (Wildman–Crippen LogP) is 0.142. The molecular weight excluding hydrogens is 285 g/mol. The fourth-order valence-electron chi connectivity index (χ4n) is 1.63. The van der Waals surface area contributed by atoms with Crippen LogP contribution in [0.15, 0.2) is 29.4 Å². The van der Waals surface area contributed by atoms with Gasteiger partial charge >= 0.3 is 0 Å². The van der Waals surface area contributed by atoms with Gasteiger partial charge in [-0.15, -0.1) is 0 Å². The Labute approximate surface area is 115 Å². The highest BCUT2D eigenvalue weighted by molar-refractivity contribution is 7.89. The Morgan fingerprint density at radius 3 is 2.75 bits per heavy atom. The second-order valence-corrected chi connectivity index (χ2v) is 5.79. The number of nitrogens with zero attached hydrogens (tertiary/aromatic N) is 2. The average molecular weight is 299 g/mol. The van der Waals surface area contributed by atoms with Gasteiger partial charge in [0.05, 0.1) is 6.54 Å². The first-order valence-corrected chi connectivity index (χ1v) is 7.28. The van der Waals surface area contributed by atoms with Crippen molar-refractivity contribution in [3.63, 3.8) is 0 Å². The Kier molecular flexibility index (Phi) is 4.42. The normalized spacial score (nSPS) is 11.7. The Balaban J connectivity index is 2.16. The zero-order valence-electron chi connectivity index (χ0n) is 10.7. The summed E-state index contributed by atoms with van der Waals surface area (Å²) in [5.74, 6) is -0.441. The average Bonchev–Trinajstić information content (AvgIpc) is 2.90. The molecule has 20 heavy (non-hydrogen) atoms. The van der Waals surface area contributed by atoms with Crippen molar-refractivity contribution in [1.82, 2.24) is 25.2 Å². The lowest BCUT2D eigenvalue weighted by Crippen LogP contribution is -2.25. The number of H-pyrrole nitrogens is 1. The molecule has 0 radical (unpaired) electrons. The summed E-state index contributed by atoms with van der Waals surface area (Å²) in [7, 11) is -2.21. The SMILES string of the molecule is CNCc1ccc(S(=O)(=O)NCc2ncn[nH]2)c(F)c1. The zero-order valence-corrected chi connectivity index (χ0v) is 11.5. The lowest BCUT2D eigenvalue weighted by Gasteiger charge is -2.08. The summed E-state index contributed by atoms with van der Waals surface area (Å²) < 4.78 is 40.1. The second-order valence-electron chi connectivity index (χ2n) is 4.05. The Morgan fingerprint density at radius 2 is 2.15 bits per heavy atom. The standard InChI is InChI=1S/C11H14FN5O2S/c1-13-5-8-2-3-10(9(12)4-8)20(18,19)16-6-11-14-7-15-17-11/h2-4,7,13,16H,5-6H2,1H3,(H,14,15,17). The molecule has 1 aromatic heterocycles. The second kappa shape index (κ2) is 6.07. The molecule has 0 aliphatic rings. The number of hydrogen-bond acceptors (Lipinski definition) is 5. The monoisotopic (exact) mass is 299 g/mol. The van der Waals surface area contributed by atoms with Crippen molar-refractivity contribution in [3.05, 3.63) is 41.7 Å². The molecule has 1 heterocycles. The number of nitrogens with one attached hydrogen (secondary N) is 3. The lowest BCUT2D eigenvalue weighted by atomic mass is 10.2. The van der Waals surface area contributed by atoms with E-state index >= 15 is 0 Å². The summed E-state index contributed by atoms with van der Waals surface area (Å²) in [6, 6.07) is 3.99. The van der Waals surface area contributed by atoms with Gasteiger partial charge in [-0.05, 0) is 24.7 Å². The largest absolute Gasteiger partial charge is 0.316 e. The van der Waals surface area contributed by atoms with Crippen LogP contribution < -0.4 is 10.0 Å². The van der Waals surface area contributed by atoms with E-state index in [9.17, 15) is 12.8 Å². The van der Waals surface area contributed by atoms with Crippen LogP contribution in [0.3, 0.4) is 0 Å². The van der Waals surface area contributed by atoms with E-state index < -0.39 is 20.7 Å². The summed E-state index contributed by atoms with van der Waals surface area (Å²) in [5, 5.41) is 8.97. The van der Waals surface area contributed by atoms with Crippen molar-refractivity contribution in [2.75, 3.05) is 7.05 Å². The molecule has 7 nitrogen and oxygen atoms in total.